The second-order valence-corrected chi connectivity index (χ2v) is 3.24. The molecule has 10 heavy (non-hydrogen) atoms. The molecule has 0 amide bonds. The van der Waals surface area contributed by atoms with E-state index in [0.717, 1.165) is 0 Å². The van der Waals surface area contributed by atoms with Crippen LogP contribution in [0.1, 0.15) is 20.8 Å². The van der Waals surface area contributed by atoms with Crippen LogP contribution in [0, 0.1) is 0 Å². The highest BCUT2D eigenvalue weighted by molar-refractivity contribution is 4.72. The standard InChI is InChI=1S/C7H17FN2/c1-6(4-9)10-5-7(2,3)8/h6,10H,4-5,9H2,1-3H3. The van der Waals surface area contributed by atoms with E-state index in [1.807, 2.05) is 6.92 Å². The normalized spacial score (nSPS) is 15.3. The molecule has 0 fully saturated rings. The third-order valence-corrected chi connectivity index (χ3v) is 1.22. The third-order valence-electron chi connectivity index (χ3n) is 1.22. The summed E-state index contributed by atoms with van der Waals surface area (Å²) in [6, 6.07) is 0.204. The van der Waals surface area contributed by atoms with Gasteiger partial charge >= 0.3 is 0 Å². The molecule has 0 saturated heterocycles. The Kier molecular flexibility index (Phi) is 3.83. The number of nitrogens with one attached hydrogen (secondary N) is 1. The second-order valence-electron chi connectivity index (χ2n) is 3.24. The van der Waals surface area contributed by atoms with Gasteiger partial charge in [-0.25, -0.2) is 4.39 Å². The molecule has 0 saturated carbocycles. The first kappa shape index (κ1) is 9.85. The van der Waals surface area contributed by atoms with Crippen LogP contribution in [0.4, 0.5) is 4.39 Å². The van der Waals surface area contributed by atoms with Crippen LogP contribution in [0.5, 0.6) is 0 Å². The lowest BCUT2D eigenvalue weighted by atomic mass is 10.1. The zero-order valence-corrected chi connectivity index (χ0v) is 6.95. The van der Waals surface area contributed by atoms with E-state index in [-0.39, 0.29) is 6.04 Å². The summed E-state index contributed by atoms with van der Waals surface area (Å²) in [6.07, 6.45) is 0. The molecule has 0 heterocycles. The predicted molar refractivity (Wildman–Crippen MR) is 41.7 cm³/mol. The van der Waals surface area contributed by atoms with Gasteiger partial charge in [0.15, 0.2) is 0 Å². The highest BCUT2D eigenvalue weighted by Gasteiger charge is 2.15. The first-order chi connectivity index (χ1) is 4.45. The van der Waals surface area contributed by atoms with E-state index >= 15 is 0 Å². The van der Waals surface area contributed by atoms with Crippen LogP contribution in [0.25, 0.3) is 0 Å². The maximum Gasteiger partial charge on any atom is 0.117 e. The summed E-state index contributed by atoms with van der Waals surface area (Å²) < 4.78 is 12.8. The van der Waals surface area contributed by atoms with Crippen molar-refractivity contribution >= 4 is 0 Å². The highest BCUT2D eigenvalue weighted by Crippen LogP contribution is 2.05. The number of rotatable bonds is 4. The first-order valence-electron chi connectivity index (χ1n) is 3.58. The molecular formula is C7H17FN2. The smallest absolute Gasteiger partial charge is 0.117 e. The van der Waals surface area contributed by atoms with Gasteiger partial charge in [0.2, 0.25) is 0 Å². The lowest BCUT2D eigenvalue weighted by molar-refractivity contribution is 0.204. The van der Waals surface area contributed by atoms with E-state index in [1.54, 1.807) is 13.8 Å². The Balaban J connectivity index is 3.36. The summed E-state index contributed by atoms with van der Waals surface area (Å²) >= 11 is 0. The van der Waals surface area contributed by atoms with Gasteiger partial charge in [0.25, 0.3) is 0 Å². The molecule has 0 bridgehead atoms. The van der Waals surface area contributed by atoms with Gasteiger partial charge in [0.05, 0.1) is 0 Å². The van der Waals surface area contributed by atoms with Gasteiger partial charge in [0, 0.05) is 19.1 Å². The summed E-state index contributed by atoms with van der Waals surface area (Å²) in [7, 11) is 0. The quantitative estimate of drug-likeness (QED) is 0.615. The van der Waals surface area contributed by atoms with Crippen molar-refractivity contribution in [3.8, 4) is 0 Å². The molecule has 3 heteroatoms. The average Bonchev–Trinajstić information content (AvgIpc) is 1.81. The van der Waals surface area contributed by atoms with E-state index < -0.39 is 5.67 Å². The van der Waals surface area contributed by atoms with E-state index in [0.29, 0.717) is 13.1 Å². The van der Waals surface area contributed by atoms with Crippen molar-refractivity contribution in [3.05, 3.63) is 0 Å². The van der Waals surface area contributed by atoms with Gasteiger partial charge < -0.3 is 11.1 Å². The molecule has 1 atom stereocenters. The molecule has 2 nitrogen and oxygen atoms in total. The van der Waals surface area contributed by atoms with E-state index in [2.05, 4.69) is 5.32 Å². The van der Waals surface area contributed by atoms with Gasteiger partial charge in [-0.1, -0.05) is 0 Å². The SMILES string of the molecule is CC(CN)NCC(C)(C)F. The predicted octanol–water partition coefficient (Wildman–Crippen LogP) is 0.671. The largest absolute Gasteiger partial charge is 0.329 e. The van der Waals surface area contributed by atoms with Crippen molar-refractivity contribution in [1.82, 2.24) is 5.32 Å². The van der Waals surface area contributed by atoms with Crippen molar-refractivity contribution < 1.29 is 4.39 Å². The molecule has 62 valence electrons. The zero-order chi connectivity index (χ0) is 8.20. The Bertz CT molecular complexity index is 88.1. The van der Waals surface area contributed by atoms with E-state index in [4.69, 9.17) is 5.73 Å². The van der Waals surface area contributed by atoms with Crippen LogP contribution >= 0.6 is 0 Å². The number of halogens is 1. The Morgan fingerprint density at radius 2 is 2.10 bits per heavy atom. The van der Waals surface area contributed by atoms with E-state index in [9.17, 15) is 4.39 Å². The second kappa shape index (κ2) is 3.88. The molecule has 0 aromatic rings. The van der Waals surface area contributed by atoms with Crippen LogP contribution in [0.2, 0.25) is 0 Å². The fourth-order valence-electron chi connectivity index (χ4n) is 0.500. The van der Waals surface area contributed by atoms with E-state index in [1.165, 1.54) is 0 Å². The number of nitrogens with two attached hydrogens (primary N) is 1. The zero-order valence-electron chi connectivity index (χ0n) is 6.95. The molecule has 0 rings (SSSR count). The van der Waals surface area contributed by atoms with Crippen molar-refractivity contribution in [1.29, 1.82) is 0 Å². The maximum atomic E-state index is 12.8. The van der Waals surface area contributed by atoms with Crippen LogP contribution in [-0.4, -0.2) is 24.8 Å². The lowest BCUT2D eigenvalue weighted by Gasteiger charge is -2.18. The molecule has 0 spiro atoms. The van der Waals surface area contributed by atoms with Crippen LogP contribution in [0.15, 0.2) is 0 Å². The summed E-state index contributed by atoms with van der Waals surface area (Å²) in [6.45, 7) is 5.94. The Hall–Kier alpha value is -0.150. The van der Waals surface area contributed by atoms with Gasteiger partial charge in [0.1, 0.15) is 5.67 Å². The van der Waals surface area contributed by atoms with Crippen molar-refractivity contribution in [2.24, 2.45) is 5.73 Å². The van der Waals surface area contributed by atoms with Crippen molar-refractivity contribution in [2.75, 3.05) is 13.1 Å². The van der Waals surface area contributed by atoms with Gasteiger partial charge in [-0.3, -0.25) is 0 Å². The topological polar surface area (TPSA) is 38.0 Å². The summed E-state index contributed by atoms with van der Waals surface area (Å²) in [4.78, 5) is 0. The monoisotopic (exact) mass is 148 g/mol. The lowest BCUT2D eigenvalue weighted by Crippen LogP contribution is -2.40. The fraction of sp³-hybridized carbons (Fsp3) is 1.00. The van der Waals surface area contributed by atoms with Gasteiger partial charge in [-0.15, -0.1) is 0 Å². The molecule has 0 aliphatic carbocycles. The molecule has 1 unspecified atom stereocenters. The number of hydrogen-bond acceptors (Lipinski definition) is 2. The molecule has 0 aliphatic heterocycles. The third kappa shape index (κ3) is 5.98. The molecule has 0 radical (unpaired) electrons. The number of alkyl halides is 1. The Morgan fingerprint density at radius 1 is 1.60 bits per heavy atom. The minimum absolute atomic E-state index is 0.204. The van der Waals surface area contributed by atoms with Crippen LogP contribution in [0.3, 0.4) is 0 Å². The minimum Gasteiger partial charge on any atom is -0.329 e. The van der Waals surface area contributed by atoms with Gasteiger partial charge in [-0.2, -0.15) is 0 Å². The summed E-state index contributed by atoms with van der Waals surface area (Å²) in [5.74, 6) is 0. The Morgan fingerprint density at radius 3 is 2.40 bits per heavy atom. The maximum absolute atomic E-state index is 12.8. The minimum atomic E-state index is -1.14. The van der Waals surface area contributed by atoms with Gasteiger partial charge in [-0.05, 0) is 20.8 Å². The Labute approximate surface area is 62.0 Å². The highest BCUT2D eigenvalue weighted by atomic mass is 19.1. The van der Waals surface area contributed by atoms with Crippen molar-refractivity contribution in [2.45, 2.75) is 32.5 Å². The molecule has 0 aromatic heterocycles. The summed E-state index contributed by atoms with van der Waals surface area (Å²) in [5.41, 5.74) is 4.18. The first-order valence-corrected chi connectivity index (χ1v) is 3.58. The molecular weight excluding hydrogens is 131 g/mol. The molecule has 3 N–H and O–H groups in total. The summed E-state index contributed by atoms with van der Waals surface area (Å²) in [5, 5.41) is 2.97. The van der Waals surface area contributed by atoms with Crippen LogP contribution < -0.4 is 11.1 Å². The fourth-order valence-corrected chi connectivity index (χ4v) is 0.500. The van der Waals surface area contributed by atoms with Crippen LogP contribution in [-0.2, 0) is 0 Å². The average molecular weight is 148 g/mol. The molecule has 0 aromatic carbocycles. The van der Waals surface area contributed by atoms with Crippen molar-refractivity contribution in [3.63, 3.8) is 0 Å². The molecule has 0 aliphatic rings. The number of hydrogen-bond donors (Lipinski definition) is 2.